The Hall–Kier alpha value is -2.08. The summed E-state index contributed by atoms with van der Waals surface area (Å²) in [6.07, 6.45) is 13.9. The van der Waals surface area contributed by atoms with E-state index in [1.165, 1.54) is 17.5 Å². The van der Waals surface area contributed by atoms with E-state index in [9.17, 15) is 4.39 Å². The van der Waals surface area contributed by atoms with Crippen LogP contribution in [0.4, 0.5) is 4.39 Å². The van der Waals surface area contributed by atoms with Gasteiger partial charge in [0.2, 0.25) is 0 Å². The molecule has 0 amide bonds. The first-order valence-electron chi connectivity index (χ1n) is 10.1. The van der Waals surface area contributed by atoms with E-state index < -0.39 is 0 Å². The predicted molar refractivity (Wildman–Crippen MR) is 124 cm³/mol. The molecule has 2 aromatic carbocycles. The maximum Gasteiger partial charge on any atom is 0.126 e. The smallest absolute Gasteiger partial charge is 0.126 e. The molecule has 1 aliphatic heterocycles. The molecule has 0 radical (unpaired) electrons. The van der Waals surface area contributed by atoms with Crippen molar-refractivity contribution < 1.29 is 4.39 Å². The largest absolute Gasteiger partial charge is 0.303 e. The summed E-state index contributed by atoms with van der Waals surface area (Å²) in [6, 6.07) is 12.0. The summed E-state index contributed by atoms with van der Waals surface area (Å²) in [5, 5.41) is 0.733. The summed E-state index contributed by atoms with van der Waals surface area (Å²) in [4.78, 5) is 2.48. The highest BCUT2D eigenvalue weighted by atomic mass is 35.5. The molecule has 2 unspecified atom stereocenters. The molecule has 2 aromatic rings. The second kappa shape index (κ2) is 10.1. The van der Waals surface area contributed by atoms with Gasteiger partial charge in [-0.25, -0.2) is 4.39 Å². The molecule has 0 bridgehead atoms. The van der Waals surface area contributed by atoms with Crippen molar-refractivity contribution in [1.29, 1.82) is 0 Å². The van der Waals surface area contributed by atoms with Crippen molar-refractivity contribution in [3.8, 4) is 24.0 Å². The number of piperidine rings is 1. The van der Waals surface area contributed by atoms with Crippen molar-refractivity contribution in [2.24, 2.45) is 0 Å². The van der Waals surface area contributed by atoms with Crippen LogP contribution in [0, 0.1) is 18.7 Å². The van der Waals surface area contributed by atoms with Crippen molar-refractivity contribution in [2.75, 3.05) is 13.6 Å². The zero-order valence-electron chi connectivity index (χ0n) is 17.7. The number of likely N-dealkylation sites (tertiary alicyclic amines) is 1. The molecule has 1 fully saturated rings. The molecule has 0 N–H and O–H groups in total. The van der Waals surface area contributed by atoms with Crippen molar-refractivity contribution in [3.05, 3.63) is 71.0 Å². The van der Waals surface area contributed by atoms with E-state index >= 15 is 0 Å². The highest BCUT2D eigenvalue weighted by Gasteiger charge is 2.46. The number of hydrogen-bond donors (Lipinski definition) is 0. The first-order chi connectivity index (χ1) is 13.9. The Bertz CT molecular complexity index is 855. The van der Waals surface area contributed by atoms with Crippen LogP contribution in [0.5, 0.6) is 0 Å². The van der Waals surface area contributed by atoms with Crippen LogP contribution in [0.1, 0.15) is 44.2 Å². The standard InChI is InChI=1S/C21H23ClFN.C3H6.C2H2/c1-21-12-3-13-24(2)19(21)11-9-17-18(23)10-8-16(20(17)21)14-4-6-15(22)7-5-14;1-3-2;1-2/h4-8,10,19H,3,9,11-13H2,1-2H3;3H,1H2,2H3;1-2H. The van der Waals surface area contributed by atoms with Crippen LogP contribution >= 0.6 is 11.6 Å². The quantitative estimate of drug-likeness (QED) is 0.365. The summed E-state index contributed by atoms with van der Waals surface area (Å²) in [7, 11) is 2.22. The van der Waals surface area contributed by atoms with Gasteiger partial charge in [0.15, 0.2) is 0 Å². The van der Waals surface area contributed by atoms with Gasteiger partial charge in [0, 0.05) is 16.5 Å². The van der Waals surface area contributed by atoms with E-state index in [1.807, 2.05) is 25.1 Å². The molecule has 4 rings (SSSR count). The minimum atomic E-state index is -0.0457. The summed E-state index contributed by atoms with van der Waals surface area (Å²) < 4.78 is 14.6. The van der Waals surface area contributed by atoms with E-state index in [1.54, 1.807) is 12.1 Å². The third-order valence-corrected chi connectivity index (χ3v) is 6.38. The maximum absolute atomic E-state index is 14.6. The summed E-state index contributed by atoms with van der Waals surface area (Å²) >= 11 is 6.06. The zero-order valence-corrected chi connectivity index (χ0v) is 18.5. The van der Waals surface area contributed by atoms with Crippen LogP contribution in [0.2, 0.25) is 5.02 Å². The molecule has 0 saturated carbocycles. The Kier molecular flexibility index (Phi) is 8.08. The third-order valence-electron chi connectivity index (χ3n) is 6.12. The second-order valence-electron chi connectivity index (χ2n) is 7.92. The van der Waals surface area contributed by atoms with Gasteiger partial charge in [-0.05, 0) is 86.7 Å². The molecule has 29 heavy (non-hydrogen) atoms. The van der Waals surface area contributed by atoms with Crippen LogP contribution in [0.15, 0.2) is 49.1 Å². The van der Waals surface area contributed by atoms with Crippen molar-refractivity contribution >= 4 is 11.6 Å². The summed E-state index contributed by atoms with van der Waals surface area (Å²) in [5.74, 6) is -0.0457. The number of fused-ring (bicyclic) bond motifs is 3. The normalized spacial score (nSPS) is 22.7. The van der Waals surface area contributed by atoms with Gasteiger partial charge >= 0.3 is 0 Å². The van der Waals surface area contributed by atoms with Gasteiger partial charge in [-0.3, -0.25) is 0 Å². The van der Waals surface area contributed by atoms with Gasteiger partial charge in [-0.15, -0.1) is 19.4 Å². The number of terminal acetylenes is 1. The van der Waals surface area contributed by atoms with Gasteiger partial charge in [0.05, 0.1) is 0 Å². The fourth-order valence-corrected chi connectivity index (χ4v) is 5.13. The topological polar surface area (TPSA) is 3.24 Å². The first-order valence-corrected chi connectivity index (χ1v) is 10.5. The highest BCUT2D eigenvalue weighted by Crippen LogP contribution is 2.49. The Morgan fingerprint density at radius 1 is 1.21 bits per heavy atom. The Morgan fingerprint density at radius 2 is 1.83 bits per heavy atom. The van der Waals surface area contributed by atoms with E-state index in [0.717, 1.165) is 42.0 Å². The van der Waals surface area contributed by atoms with Crippen LogP contribution in [-0.4, -0.2) is 24.5 Å². The molecule has 2 atom stereocenters. The predicted octanol–water partition coefficient (Wildman–Crippen LogP) is 6.89. The number of halogens is 2. The SMILES string of the molecule is C#C.C=CC.CN1CCCC2(C)c3c(-c4ccc(Cl)cc4)ccc(F)c3CCC12. The molecule has 1 nitrogen and oxygen atoms in total. The molecule has 1 saturated heterocycles. The zero-order chi connectivity index (χ0) is 21.6. The molecule has 2 aliphatic rings. The number of rotatable bonds is 1. The second-order valence-corrected chi connectivity index (χ2v) is 8.36. The molecule has 154 valence electrons. The van der Waals surface area contributed by atoms with Crippen LogP contribution in [0.3, 0.4) is 0 Å². The van der Waals surface area contributed by atoms with Crippen LogP contribution in [0.25, 0.3) is 11.1 Å². The lowest BCUT2D eigenvalue weighted by atomic mass is 9.61. The lowest BCUT2D eigenvalue weighted by Gasteiger charge is -2.51. The number of likely N-dealkylation sites (N-methyl/N-ethyl adjacent to an activating group) is 1. The number of benzene rings is 2. The molecular weight excluding hydrogens is 381 g/mol. The Labute approximate surface area is 180 Å². The minimum Gasteiger partial charge on any atom is -0.303 e. The Morgan fingerprint density at radius 3 is 2.45 bits per heavy atom. The fraction of sp³-hybridized carbons (Fsp3) is 0.385. The molecule has 1 aliphatic carbocycles. The minimum absolute atomic E-state index is 0.0116. The fourth-order valence-electron chi connectivity index (χ4n) is 5.01. The van der Waals surface area contributed by atoms with E-state index in [2.05, 4.69) is 50.4 Å². The number of allylic oxidation sites excluding steroid dienone is 1. The van der Waals surface area contributed by atoms with Gasteiger partial charge in [-0.1, -0.05) is 42.8 Å². The molecule has 1 heterocycles. The molecule has 0 spiro atoms. The maximum atomic E-state index is 14.6. The average Bonchev–Trinajstić information content (AvgIpc) is 2.71. The lowest BCUT2D eigenvalue weighted by Crippen LogP contribution is -2.54. The van der Waals surface area contributed by atoms with Gasteiger partial charge in [0.25, 0.3) is 0 Å². The first kappa shape index (κ1) is 23.2. The van der Waals surface area contributed by atoms with Gasteiger partial charge in [-0.2, -0.15) is 0 Å². The molecular formula is C26H31ClFN. The summed E-state index contributed by atoms with van der Waals surface area (Å²) in [6.45, 7) is 8.73. The molecule has 0 aromatic heterocycles. The highest BCUT2D eigenvalue weighted by molar-refractivity contribution is 6.30. The van der Waals surface area contributed by atoms with E-state index in [-0.39, 0.29) is 11.2 Å². The average molecular weight is 412 g/mol. The number of hydrogen-bond acceptors (Lipinski definition) is 1. The van der Waals surface area contributed by atoms with Crippen LogP contribution < -0.4 is 0 Å². The van der Waals surface area contributed by atoms with Crippen molar-refractivity contribution in [1.82, 2.24) is 4.90 Å². The molecule has 3 heteroatoms. The van der Waals surface area contributed by atoms with Gasteiger partial charge < -0.3 is 4.90 Å². The lowest BCUT2D eigenvalue weighted by molar-refractivity contribution is 0.0849. The van der Waals surface area contributed by atoms with E-state index in [0.29, 0.717) is 6.04 Å². The monoisotopic (exact) mass is 411 g/mol. The van der Waals surface area contributed by atoms with Gasteiger partial charge in [0.1, 0.15) is 5.82 Å². The Balaban J connectivity index is 0.000000551. The van der Waals surface area contributed by atoms with E-state index in [4.69, 9.17) is 11.6 Å². The van der Waals surface area contributed by atoms with Crippen molar-refractivity contribution in [2.45, 2.75) is 51.0 Å². The van der Waals surface area contributed by atoms with Crippen molar-refractivity contribution in [3.63, 3.8) is 0 Å². The number of nitrogens with zero attached hydrogens (tertiary/aromatic N) is 1. The summed E-state index contributed by atoms with van der Waals surface area (Å²) in [5.41, 5.74) is 4.47. The third kappa shape index (κ3) is 4.58. The van der Waals surface area contributed by atoms with Crippen LogP contribution in [-0.2, 0) is 11.8 Å².